The van der Waals surface area contributed by atoms with Crippen molar-refractivity contribution in [2.24, 2.45) is 0 Å². The highest BCUT2D eigenvalue weighted by molar-refractivity contribution is 7.92. The monoisotopic (exact) mass is 485 g/mol. The molecule has 1 amide bonds. The van der Waals surface area contributed by atoms with Crippen LogP contribution < -0.4 is 10.0 Å². The van der Waals surface area contributed by atoms with Gasteiger partial charge in [-0.15, -0.1) is 22.7 Å². The Labute approximate surface area is 193 Å². The summed E-state index contributed by atoms with van der Waals surface area (Å²) in [4.78, 5) is 14.8. The highest BCUT2D eigenvalue weighted by atomic mass is 32.2. The van der Waals surface area contributed by atoms with Crippen molar-refractivity contribution in [1.82, 2.24) is 5.16 Å². The Morgan fingerprint density at radius 1 is 1.03 bits per heavy atom. The number of carbonyl (C=O) groups is 1. The Morgan fingerprint density at radius 3 is 2.34 bits per heavy atom. The smallest absolute Gasteiger partial charge is 0.264 e. The topological polar surface area (TPSA) is 101 Å². The van der Waals surface area contributed by atoms with Gasteiger partial charge in [-0.25, -0.2) is 13.1 Å². The molecule has 4 rings (SSSR count). The molecule has 0 fully saturated rings. The van der Waals surface area contributed by atoms with Crippen LogP contribution in [0.4, 0.5) is 11.6 Å². The van der Waals surface area contributed by atoms with Crippen molar-refractivity contribution in [3.05, 3.63) is 80.3 Å². The zero-order valence-electron chi connectivity index (χ0n) is 17.2. The van der Waals surface area contributed by atoms with E-state index in [9.17, 15) is 13.2 Å². The number of hydrogen-bond donors (Lipinski definition) is 2. The molecule has 10 heteroatoms. The lowest BCUT2D eigenvalue weighted by atomic mass is 10.1. The van der Waals surface area contributed by atoms with Crippen LogP contribution in [0.1, 0.15) is 21.0 Å². The minimum absolute atomic E-state index is 0.0385. The predicted molar refractivity (Wildman–Crippen MR) is 128 cm³/mol. The molecule has 0 radical (unpaired) electrons. The van der Waals surface area contributed by atoms with Crippen molar-refractivity contribution >= 4 is 61.8 Å². The Morgan fingerprint density at radius 2 is 1.75 bits per heavy atom. The minimum Gasteiger partial charge on any atom is -0.337 e. The number of nitrogens with one attached hydrogen (secondary N) is 2. The Kier molecular flexibility index (Phi) is 6.26. The standard InChI is InChI=1S/C22H19N3O4S3/c1-14-15(2)24-29-22(14)25-32(27,28)18-9-7-16(8-10-18)23-21(26)19(20-6-4-12-31-20)13-17-5-3-11-30-17/h3-13,25H,1-2H3,(H,23,26)/b19-13+. The highest BCUT2D eigenvalue weighted by Crippen LogP contribution is 2.27. The molecule has 0 spiro atoms. The normalized spacial score (nSPS) is 12.0. The third-order valence-electron chi connectivity index (χ3n) is 4.67. The number of rotatable bonds is 7. The summed E-state index contributed by atoms with van der Waals surface area (Å²) in [5.41, 5.74) is 2.25. The molecule has 2 N–H and O–H groups in total. The van der Waals surface area contributed by atoms with Crippen LogP contribution in [0.15, 0.2) is 68.7 Å². The summed E-state index contributed by atoms with van der Waals surface area (Å²) in [5, 5.41) is 10.5. The van der Waals surface area contributed by atoms with Crippen molar-refractivity contribution in [1.29, 1.82) is 0 Å². The molecule has 164 valence electrons. The lowest BCUT2D eigenvalue weighted by Gasteiger charge is -2.10. The quantitative estimate of drug-likeness (QED) is 0.342. The van der Waals surface area contributed by atoms with E-state index in [1.165, 1.54) is 23.5 Å². The van der Waals surface area contributed by atoms with Crippen molar-refractivity contribution in [2.75, 3.05) is 10.0 Å². The SMILES string of the molecule is Cc1noc(NS(=O)(=O)c2ccc(NC(=O)/C(=C/c3cccs3)c3cccs3)cc2)c1C. The van der Waals surface area contributed by atoms with Crippen molar-refractivity contribution in [2.45, 2.75) is 18.7 Å². The molecule has 0 saturated carbocycles. The Balaban J connectivity index is 1.52. The first kappa shape index (κ1) is 22.0. The number of aryl methyl sites for hydroxylation is 1. The van der Waals surface area contributed by atoms with E-state index in [2.05, 4.69) is 15.2 Å². The fourth-order valence-corrected chi connectivity index (χ4v) is 5.25. The summed E-state index contributed by atoms with van der Waals surface area (Å²) >= 11 is 3.02. The van der Waals surface area contributed by atoms with Crippen molar-refractivity contribution < 1.29 is 17.7 Å². The van der Waals surface area contributed by atoms with Crippen LogP contribution in [0.3, 0.4) is 0 Å². The fourth-order valence-electron chi connectivity index (χ4n) is 2.80. The van der Waals surface area contributed by atoms with Gasteiger partial charge in [0.25, 0.3) is 15.9 Å². The van der Waals surface area contributed by atoms with E-state index in [-0.39, 0.29) is 16.7 Å². The summed E-state index contributed by atoms with van der Waals surface area (Å²) in [5.74, 6) is -0.193. The van der Waals surface area contributed by atoms with Gasteiger partial charge in [0, 0.05) is 21.0 Å². The van der Waals surface area contributed by atoms with E-state index < -0.39 is 10.0 Å². The molecule has 1 aromatic carbocycles. The lowest BCUT2D eigenvalue weighted by molar-refractivity contribution is -0.111. The van der Waals surface area contributed by atoms with E-state index in [1.54, 1.807) is 37.3 Å². The summed E-state index contributed by atoms with van der Waals surface area (Å²) in [6.45, 7) is 3.45. The van der Waals surface area contributed by atoms with Gasteiger partial charge in [0.2, 0.25) is 5.88 Å². The maximum absolute atomic E-state index is 13.0. The molecule has 7 nitrogen and oxygen atoms in total. The molecule has 0 aliphatic heterocycles. The van der Waals surface area contributed by atoms with Crippen LogP contribution in [0.5, 0.6) is 0 Å². The largest absolute Gasteiger partial charge is 0.337 e. The van der Waals surface area contributed by atoms with E-state index in [4.69, 9.17) is 4.52 Å². The van der Waals surface area contributed by atoms with Crippen LogP contribution in [0.2, 0.25) is 0 Å². The minimum atomic E-state index is -3.86. The molecule has 0 atom stereocenters. The molecule has 0 unspecified atom stereocenters. The first-order valence-electron chi connectivity index (χ1n) is 9.50. The third-order valence-corrected chi connectivity index (χ3v) is 7.74. The number of hydrogen-bond acceptors (Lipinski definition) is 7. The number of benzene rings is 1. The van der Waals surface area contributed by atoms with Gasteiger partial charge in [0.05, 0.1) is 16.2 Å². The lowest BCUT2D eigenvalue weighted by Crippen LogP contribution is -2.15. The molecule has 3 aromatic heterocycles. The predicted octanol–water partition coefficient (Wildman–Crippen LogP) is 5.39. The summed E-state index contributed by atoms with van der Waals surface area (Å²) in [7, 11) is -3.86. The zero-order chi connectivity index (χ0) is 22.7. The Hall–Kier alpha value is -3.21. The number of nitrogens with zero attached hydrogens (tertiary/aromatic N) is 1. The molecule has 32 heavy (non-hydrogen) atoms. The van der Waals surface area contributed by atoms with Gasteiger partial charge in [0.1, 0.15) is 0 Å². The van der Waals surface area contributed by atoms with Crippen molar-refractivity contribution in [3.63, 3.8) is 0 Å². The Bertz CT molecular complexity index is 1350. The van der Waals surface area contributed by atoms with Crippen LogP contribution in [-0.2, 0) is 14.8 Å². The number of aromatic nitrogens is 1. The van der Waals surface area contributed by atoms with Crippen LogP contribution >= 0.6 is 22.7 Å². The molecule has 0 aliphatic rings. The summed E-state index contributed by atoms with van der Waals surface area (Å²) in [6.07, 6.45) is 1.84. The van der Waals surface area contributed by atoms with Gasteiger partial charge in [0.15, 0.2) is 0 Å². The second kappa shape index (κ2) is 9.11. The van der Waals surface area contributed by atoms with Gasteiger partial charge >= 0.3 is 0 Å². The van der Waals surface area contributed by atoms with E-state index in [0.29, 0.717) is 22.5 Å². The first-order valence-corrected chi connectivity index (χ1v) is 12.7. The maximum Gasteiger partial charge on any atom is 0.264 e. The number of thiophene rings is 2. The van der Waals surface area contributed by atoms with E-state index in [0.717, 1.165) is 9.75 Å². The number of sulfonamides is 1. The van der Waals surface area contributed by atoms with Gasteiger partial charge in [-0.3, -0.25) is 4.79 Å². The summed E-state index contributed by atoms with van der Waals surface area (Å²) in [6, 6.07) is 13.6. The average molecular weight is 486 g/mol. The van der Waals surface area contributed by atoms with Crippen LogP contribution in [-0.4, -0.2) is 19.5 Å². The zero-order valence-corrected chi connectivity index (χ0v) is 19.6. The fraction of sp³-hybridized carbons (Fsp3) is 0.0909. The maximum atomic E-state index is 13.0. The first-order chi connectivity index (χ1) is 15.3. The van der Waals surface area contributed by atoms with Gasteiger partial charge in [-0.1, -0.05) is 17.3 Å². The number of anilines is 2. The molecular formula is C22H19N3O4S3. The molecule has 0 aliphatic carbocycles. The number of amides is 1. The van der Waals surface area contributed by atoms with Crippen LogP contribution in [0.25, 0.3) is 11.6 Å². The van der Waals surface area contributed by atoms with Gasteiger partial charge in [-0.05, 0) is 67.1 Å². The summed E-state index contributed by atoms with van der Waals surface area (Å²) < 4.78 is 32.7. The average Bonchev–Trinajstić information content (AvgIpc) is 3.53. The van der Waals surface area contributed by atoms with Gasteiger partial charge in [-0.2, -0.15) is 0 Å². The number of carbonyl (C=O) groups excluding carboxylic acids is 1. The van der Waals surface area contributed by atoms with Crippen LogP contribution in [0, 0.1) is 13.8 Å². The van der Waals surface area contributed by atoms with E-state index >= 15 is 0 Å². The highest BCUT2D eigenvalue weighted by Gasteiger charge is 2.20. The molecular weight excluding hydrogens is 466 g/mol. The molecule has 0 bridgehead atoms. The second-order valence-corrected chi connectivity index (χ2v) is 10.5. The molecule has 0 saturated heterocycles. The van der Waals surface area contributed by atoms with Gasteiger partial charge < -0.3 is 9.84 Å². The molecule has 3 heterocycles. The van der Waals surface area contributed by atoms with Crippen molar-refractivity contribution in [3.8, 4) is 0 Å². The molecule has 4 aromatic rings. The second-order valence-electron chi connectivity index (χ2n) is 6.86. The third kappa shape index (κ3) is 4.82. The van der Waals surface area contributed by atoms with E-state index in [1.807, 2.05) is 41.1 Å².